The van der Waals surface area contributed by atoms with Gasteiger partial charge in [0.15, 0.2) is 5.82 Å². The van der Waals surface area contributed by atoms with Gasteiger partial charge < -0.3 is 15.2 Å². The van der Waals surface area contributed by atoms with Gasteiger partial charge in [0.2, 0.25) is 0 Å². The van der Waals surface area contributed by atoms with Gasteiger partial charge in [0, 0.05) is 43.0 Å². The van der Waals surface area contributed by atoms with Crippen molar-refractivity contribution >= 4 is 29.2 Å². The Balaban J connectivity index is 1.17. The third kappa shape index (κ3) is 3.90. The minimum atomic E-state index is -0.103. The van der Waals surface area contributed by atoms with E-state index < -0.39 is 0 Å². The fourth-order valence-electron chi connectivity index (χ4n) is 3.85. The van der Waals surface area contributed by atoms with Crippen LogP contribution < -0.4 is 10.6 Å². The molecule has 0 radical (unpaired) electrons. The van der Waals surface area contributed by atoms with Crippen LogP contribution >= 0.6 is 11.8 Å². The number of fused-ring (bicyclic) bond motifs is 2. The van der Waals surface area contributed by atoms with Gasteiger partial charge in [-0.05, 0) is 37.5 Å². The highest BCUT2D eigenvalue weighted by atomic mass is 32.2. The van der Waals surface area contributed by atoms with Crippen LogP contribution in [0, 0.1) is 6.92 Å². The Labute approximate surface area is 178 Å². The van der Waals surface area contributed by atoms with Crippen LogP contribution in [-0.4, -0.2) is 45.1 Å². The van der Waals surface area contributed by atoms with Crippen LogP contribution in [0.25, 0.3) is 0 Å². The van der Waals surface area contributed by atoms with Crippen LogP contribution in [0.3, 0.4) is 0 Å². The number of nitrogens with one attached hydrogen (secondary N) is 2. The van der Waals surface area contributed by atoms with Gasteiger partial charge >= 0.3 is 0 Å². The minimum absolute atomic E-state index is 0.103. The molecule has 2 aliphatic rings. The lowest BCUT2D eigenvalue weighted by molar-refractivity contribution is 0.0907. The number of piperidine rings is 1. The van der Waals surface area contributed by atoms with Crippen LogP contribution in [0.15, 0.2) is 51.2 Å². The molecule has 2 aromatic heterocycles. The van der Waals surface area contributed by atoms with E-state index in [0.717, 1.165) is 53.9 Å². The first-order valence-electron chi connectivity index (χ1n) is 9.99. The number of hydrogen-bond acceptors (Lipinski definition) is 8. The van der Waals surface area contributed by atoms with Crippen molar-refractivity contribution in [2.75, 3.05) is 18.4 Å². The molecule has 1 amide bonds. The highest BCUT2D eigenvalue weighted by Crippen LogP contribution is 2.42. The molecule has 1 saturated heterocycles. The van der Waals surface area contributed by atoms with Gasteiger partial charge in [0.25, 0.3) is 5.91 Å². The van der Waals surface area contributed by atoms with E-state index in [1.165, 1.54) is 11.8 Å². The van der Waals surface area contributed by atoms with Gasteiger partial charge in [0.05, 0.1) is 11.9 Å². The molecule has 154 valence electrons. The first-order valence-corrected chi connectivity index (χ1v) is 10.8. The number of aromatic nitrogens is 3. The number of aryl methyl sites for hydroxylation is 1. The largest absolute Gasteiger partial charge is 0.361 e. The maximum Gasteiger partial charge on any atom is 0.256 e. The second-order valence-corrected chi connectivity index (χ2v) is 8.62. The molecule has 0 aliphatic carbocycles. The Morgan fingerprint density at radius 3 is 2.93 bits per heavy atom. The molecule has 1 aromatic carbocycles. The fraction of sp³-hybridized carbons (Fsp3) is 0.333. The molecule has 5 rings (SSSR count). The summed E-state index contributed by atoms with van der Waals surface area (Å²) >= 11 is 1.64. The SMILES string of the molecule is Cc1oncc1C(=O)NC1CCN(Cc2ccc3c(c2)Nc2nccnc2S3)CC1. The van der Waals surface area contributed by atoms with Gasteiger partial charge in [-0.15, -0.1) is 0 Å². The highest BCUT2D eigenvalue weighted by Gasteiger charge is 2.23. The second kappa shape index (κ2) is 8.08. The normalized spacial score (nSPS) is 16.4. The summed E-state index contributed by atoms with van der Waals surface area (Å²) in [5.41, 5.74) is 2.86. The summed E-state index contributed by atoms with van der Waals surface area (Å²) in [6, 6.07) is 6.70. The van der Waals surface area contributed by atoms with Crippen molar-refractivity contribution in [3.8, 4) is 0 Å². The topological polar surface area (TPSA) is 96.2 Å². The zero-order valence-corrected chi connectivity index (χ0v) is 17.4. The molecule has 2 aliphatic heterocycles. The van der Waals surface area contributed by atoms with Gasteiger partial charge in [-0.1, -0.05) is 23.0 Å². The number of amides is 1. The van der Waals surface area contributed by atoms with E-state index in [9.17, 15) is 4.79 Å². The number of hydrogen-bond donors (Lipinski definition) is 2. The minimum Gasteiger partial charge on any atom is -0.361 e. The summed E-state index contributed by atoms with van der Waals surface area (Å²) < 4.78 is 4.98. The monoisotopic (exact) mass is 422 g/mol. The molecule has 0 saturated carbocycles. The van der Waals surface area contributed by atoms with Crippen molar-refractivity contribution in [2.45, 2.75) is 42.3 Å². The summed E-state index contributed by atoms with van der Waals surface area (Å²) in [4.78, 5) is 24.7. The van der Waals surface area contributed by atoms with Crippen molar-refractivity contribution < 1.29 is 9.32 Å². The third-order valence-corrected chi connectivity index (χ3v) is 6.56. The number of carbonyl (C=O) groups is 1. The Bertz CT molecular complexity index is 1080. The van der Waals surface area contributed by atoms with E-state index in [4.69, 9.17) is 4.52 Å². The van der Waals surface area contributed by atoms with E-state index >= 15 is 0 Å². The van der Waals surface area contributed by atoms with E-state index in [1.54, 1.807) is 31.1 Å². The summed E-state index contributed by atoms with van der Waals surface area (Å²) in [5, 5.41) is 11.1. The van der Waals surface area contributed by atoms with Crippen LogP contribution in [-0.2, 0) is 6.54 Å². The smallest absolute Gasteiger partial charge is 0.256 e. The van der Waals surface area contributed by atoms with Crippen LogP contribution in [0.5, 0.6) is 0 Å². The Kier molecular flexibility index (Phi) is 5.14. The lowest BCUT2D eigenvalue weighted by Crippen LogP contribution is -2.44. The number of nitrogens with zero attached hydrogens (tertiary/aromatic N) is 4. The lowest BCUT2D eigenvalue weighted by Gasteiger charge is -2.32. The zero-order valence-electron chi connectivity index (χ0n) is 16.6. The molecule has 8 nitrogen and oxygen atoms in total. The first-order chi connectivity index (χ1) is 14.7. The molecule has 0 atom stereocenters. The Morgan fingerprint density at radius 1 is 1.30 bits per heavy atom. The standard InChI is InChI=1S/C21H22N6O2S/c1-13-16(11-24-29-13)20(28)25-15-4-8-27(9-5-15)12-14-2-3-18-17(10-14)26-19-21(30-18)23-7-6-22-19/h2-3,6-7,10-11,15H,4-5,8-9,12H2,1H3,(H,22,26)(H,25,28). The summed E-state index contributed by atoms with van der Waals surface area (Å²) in [6.07, 6.45) is 6.75. The van der Waals surface area contributed by atoms with Gasteiger partial charge in [0.1, 0.15) is 16.3 Å². The second-order valence-electron chi connectivity index (χ2n) is 7.59. The Morgan fingerprint density at radius 2 is 2.13 bits per heavy atom. The van der Waals surface area contributed by atoms with E-state index in [1.807, 2.05) is 0 Å². The van der Waals surface area contributed by atoms with E-state index in [2.05, 4.69) is 48.9 Å². The molecular weight excluding hydrogens is 400 g/mol. The number of carbonyl (C=O) groups excluding carboxylic acids is 1. The van der Waals surface area contributed by atoms with Crippen LogP contribution in [0.4, 0.5) is 11.5 Å². The van der Waals surface area contributed by atoms with Crippen LogP contribution in [0.1, 0.15) is 34.5 Å². The van der Waals surface area contributed by atoms with Crippen LogP contribution in [0.2, 0.25) is 0 Å². The molecule has 1 fully saturated rings. The number of anilines is 2. The molecular formula is C21H22N6O2S. The fourth-order valence-corrected chi connectivity index (χ4v) is 4.73. The highest BCUT2D eigenvalue weighted by molar-refractivity contribution is 7.99. The molecule has 30 heavy (non-hydrogen) atoms. The average molecular weight is 423 g/mol. The molecule has 2 N–H and O–H groups in total. The van der Waals surface area contributed by atoms with E-state index in [0.29, 0.717) is 11.3 Å². The van der Waals surface area contributed by atoms with Crippen molar-refractivity contribution in [3.05, 3.63) is 53.7 Å². The van der Waals surface area contributed by atoms with Crippen molar-refractivity contribution in [1.82, 2.24) is 25.3 Å². The predicted octanol–water partition coefficient (Wildman–Crippen LogP) is 3.38. The lowest BCUT2D eigenvalue weighted by atomic mass is 10.0. The number of benzene rings is 1. The van der Waals surface area contributed by atoms with Gasteiger partial charge in [-0.3, -0.25) is 9.69 Å². The van der Waals surface area contributed by atoms with Crippen molar-refractivity contribution in [2.24, 2.45) is 0 Å². The number of likely N-dealkylation sites (tertiary alicyclic amines) is 1. The molecule has 9 heteroatoms. The molecule has 3 aromatic rings. The first kappa shape index (κ1) is 19.1. The maximum absolute atomic E-state index is 12.3. The zero-order chi connectivity index (χ0) is 20.5. The molecule has 0 unspecified atom stereocenters. The average Bonchev–Trinajstić information content (AvgIpc) is 3.19. The van der Waals surface area contributed by atoms with Gasteiger partial charge in [-0.25, -0.2) is 9.97 Å². The van der Waals surface area contributed by atoms with Crippen molar-refractivity contribution in [1.29, 1.82) is 0 Å². The quantitative estimate of drug-likeness (QED) is 0.517. The molecule has 0 bridgehead atoms. The summed E-state index contributed by atoms with van der Waals surface area (Å²) in [7, 11) is 0. The van der Waals surface area contributed by atoms with Gasteiger partial charge in [-0.2, -0.15) is 0 Å². The summed E-state index contributed by atoms with van der Waals surface area (Å²) in [5.74, 6) is 1.26. The molecule has 4 heterocycles. The summed E-state index contributed by atoms with van der Waals surface area (Å²) in [6.45, 7) is 4.53. The Hall–Kier alpha value is -2.91. The van der Waals surface area contributed by atoms with Crippen molar-refractivity contribution in [3.63, 3.8) is 0 Å². The predicted molar refractivity (Wildman–Crippen MR) is 113 cm³/mol. The molecule has 0 spiro atoms. The number of rotatable bonds is 4. The van der Waals surface area contributed by atoms with E-state index in [-0.39, 0.29) is 11.9 Å². The third-order valence-electron chi connectivity index (χ3n) is 5.49. The maximum atomic E-state index is 12.3.